The predicted molar refractivity (Wildman–Crippen MR) is 84.6 cm³/mol. The first-order chi connectivity index (χ1) is 9.72. The van der Waals surface area contributed by atoms with Gasteiger partial charge in [0, 0.05) is 22.8 Å². The molecule has 104 valence electrons. The van der Waals surface area contributed by atoms with Gasteiger partial charge >= 0.3 is 0 Å². The minimum atomic E-state index is -0.176. The highest BCUT2D eigenvalue weighted by molar-refractivity contribution is 7.11. The maximum atomic E-state index is 13.1. The van der Waals surface area contributed by atoms with Gasteiger partial charge < -0.3 is 4.90 Å². The van der Waals surface area contributed by atoms with Crippen molar-refractivity contribution in [2.24, 2.45) is 0 Å². The number of hydrogen-bond acceptors (Lipinski definition) is 2. The number of anilines is 1. The van der Waals surface area contributed by atoms with Crippen LogP contribution in [0.2, 0.25) is 0 Å². The molecule has 1 saturated heterocycles. The number of aryl methyl sites for hydroxylation is 1. The summed E-state index contributed by atoms with van der Waals surface area (Å²) in [5.41, 5.74) is 3.74. The number of benzene rings is 1. The third kappa shape index (κ3) is 2.93. The van der Waals surface area contributed by atoms with Crippen LogP contribution >= 0.6 is 11.3 Å². The SMILES string of the molecule is Cc1csc(C=C2CCCCN2c2ccc(F)cc2)c1. The molecule has 0 bridgehead atoms. The molecule has 1 aromatic heterocycles. The van der Waals surface area contributed by atoms with E-state index in [9.17, 15) is 4.39 Å². The molecule has 0 saturated carbocycles. The number of nitrogens with zero attached hydrogens (tertiary/aromatic N) is 1. The zero-order chi connectivity index (χ0) is 13.9. The lowest BCUT2D eigenvalue weighted by Crippen LogP contribution is -2.27. The van der Waals surface area contributed by atoms with Gasteiger partial charge in [0.25, 0.3) is 0 Å². The van der Waals surface area contributed by atoms with E-state index in [-0.39, 0.29) is 5.82 Å². The van der Waals surface area contributed by atoms with Crippen LogP contribution in [0.1, 0.15) is 29.7 Å². The van der Waals surface area contributed by atoms with Crippen molar-refractivity contribution in [2.75, 3.05) is 11.4 Å². The molecule has 0 unspecified atom stereocenters. The summed E-state index contributed by atoms with van der Waals surface area (Å²) in [7, 11) is 0. The number of thiophene rings is 1. The molecule has 0 amide bonds. The fraction of sp³-hybridized carbons (Fsp3) is 0.294. The lowest BCUT2D eigenvalue weighted by molar-refractivity contribution is 0.624. The number of hydrogen-bond donors (Lipinski definition) is 0. The van der Waals surface area contributed by atoms with E-state index in [1.807, 2.05) is 12.1 Å². The van der Waals surface area contributed by atoms with E-state index in [1.165, 1.54) is 41.1 Å². The van der Waals surface area contributed by atoms with Crippen molar-refractivity contribution in [1.29, 1.82) is 0 Å². The monoisotopic (exact) mass is 287 g/mol. The van der Waals surface area contributed by atoms with Crippen LogP contribution in [-0.2, 0) is 0 Å². The van der Waals surface area contributed by atoms with Crippen LogP contribution < -0.4 is 4.90 Å². The zero-order valence-electron chi connectivity index (χ0n) is 11.6. The third-order valence-corrected chi connectivity index (χ3v) is 4.61. The Morgan fingerprint density at radius 1 is 1.20 bits per heavy atom. The molecule has 0 aliphatic carbocycles. The smallest absolute Gasteiger partial charge is 0.123 e. The van der Waals surface area contributed by atoms with Gasteiger partial charge in [0.1, 0.15) is 5.82 Å². The van der Waals surface area contributed by atoms with Crippen LogP contribution in [0.4, 0.5) is 10.1 Å². The quantitative estimate of drug-likeness (QED) is 0.731. The predicted octanol–water partition coefficient (Wildman–Crippen LogP) is 5.23. The maximum Gasteiger partial charge on any atom is 0.123 e. The van der Waals surface area contributed by atoms with E-state index >= 15 is 0 Å². The first-order valence-corrected chi connectivity index (χ1v) is 7.89. The van der Waals surface area contributed by atoms with Crippen LogP contribution in [0.15, 0.2) is 41.4 Å². The molecule has 0 atom stereocenters. The van der Waals surface area contributed by atoms with Gasteiger partial charge in [-0.2, -0.15) is 0 Å². The number of allylic oxidation sites excluding steroid dienone is 1. The minimum absolute atomic E-state index is 0.176. The zero-order valence-corrected chi connectivity index (χ0v) is 12.4. The minimum Gasteiger partial charge on any atom is -0.345 e. The van der Waals surface area contributed by atoms with Gasteiger partial charge in [0.05, 0.1) is 0 Å². The first kappa shape index (κ1) is 13.4. The van der Waals surface area contributed by atoms with Crippen LogP contribution in [0, 0.1) is 12.7 Å². The Balaban J connectivity index is 1.91. The third-order valence-electron chi connectivity index (χ3n) is 3.61. The lowest BCUT2D eigenvalue weighted by atomic mass is 10.1. The molecule has 2 aromatic rings. The summed E-state index contributed by atoms with van der Waals surface area (Å²) in [5.74, 6) is -0.176. The Morgan fingerprint density at radius 3 is 2.70 bits per heavy atom. The molecule has 1 aliphatic rings. The van der Waals surface area contributed by atoms with Crippen molar-refractivity contribution < 1.29 is 4.39 Å². The average molecular weight is 287 g/mol. The van der Waals surface area contributed by atoms with Gasteiger partial charge in [-0.25, -0.2) is 4.39 Å². The van der Waals surface area contributed by atoms with Crippen LogP contribution in [0.5, 0.6) is 0 Å². The molecule has 1 nitrogen and oxygen atoms in total. The second-order valence-electron chi connectivity index (χ2n) is 5.25. The van der Waals surface area contributed by atoms with Crippen molar-refractivity contribution in [2.45, 2.75) is 26.2 Å². The first-order valence-electron chi connectivity index (χ1n) is 7.01. The highest BCUT2D eigenvalue weighted by Gasteiger charge is 2.16. The van der Waals surface area contributed by atoms with E-state index in [0.717, 1.165) is 18.7 Å². The van der Waals surface area contributed by atoms with Crippen LogP contribution in [-0.4, -0.2) is 6.54 Å². The van der Waals surface area contributed by atoms with Gasteiger partial charge in [-0.1, -0.05) is 0 Å². The summed E-state index contributed by atoms with van der Waals surface area (Å²) >= 11 is 1.78. The van der Waals surface area contributed by atoms with Crippen molar-refractivity contribution >= 4 is 23.1 Å². The molecule has 1 aromatic carbocycles. The topological polar surface area (TPSA) is 3.24 Å². The van der Waals surface area contributed by atoms with E-state index in [2.05, 4.69) is 29.3 Å². The Bertz CT molecular complexity index is 612. The van der Waals surface area contributed by atoms with E-state index in [0.29, 0.717) is 0 Å². The lowest BCUT2D eigenvalue weighted by Gasteiger charge is -2.31. The Morgan fingerprint density at radius 2 is 2.00 bits per heavy atom. The summed E-state index contributed by atoms with van der Waals surface area (Å²) < 4.78 is 13.1. The van der Waals surface area contributed by atoms with Gasteiger partial charge in [-0.05, 0) is 73.5 Å². The summed E-state index contributed by atoms with van der Waals surface area (Å²) in [6.07, 6.45) is 5.79. The molecule has 3 heteroatoms. The van der Waals surface area contributed by atoms with E-state index in [4.69, 9.17) is 0 Å². The average Bonchev–Trinajstić information content (AvgIpc) is 2.86. The largest absolute Gasteiger partial charge is 0.345 e. The van der Waals surface area contributed by atoms with Crippen molar-refractivity contribution in [3.8, 4) is 0 Å². The van der Waals surface area contributed by atoms with Gasteiger partial charge in [-0.15, -0.1) is 11.3 Å². The Kier molecular flexibility index (Phi) is 3.88. The molecule has 0 radical (unpaired) electrons. The summed E-state index contributed by atoms with van der Waals surface area (Å²) in [4.78, 5) is 3.62. The normalized spacial score (nSPS) is 17.7. The van der Waals surface area contributed by atoms with Crippen molar-refractivity contribution in [3.05, 3.63) is 57.7 Å². The summed E-state index contributed by atoms with van der Waals surface area (Å²) in [6.45, 7) is 3.14. The fourth-order valence-electron chi connectivity index (χ4n) is 2.61. The molecule has 20 heavy (non-hydrogen) atoms. The standard InChI is InChI=1S/C17H18FNS/c1-13-10-17(20-12-13)11-16-4-2-3-9-19(16)15-7-5-14(18)6-8-15/h5-8,10-12H,2-4,9H2,1H3. The van der Waals surface area contributed by atoms with Gasteiger partial charge in [0.15, 0.2) is 0 Å². The summed E-state index contributed by atoms with van der Waals surface area (Å²) in [6, 6.07) is 9.03. The number of halogens is 1. The number of piperidine rings is 1. The maximum absolute atomic E-state index is 13.1. The summed E-state index contributed by atoms with van der Waals surface area (Å²) in [5, 5.41) is 2.18. The molecule has 1 fully saturated rings. The van der Waals surface area contributed by atoms with Crippen molar-refractivity contribution in [1.82, 2.24) is 0 Å². The Labute approximate surface area is 123 Å². The number of rotatable bonds is 2. The second kappa shape index (κ2) is 5.80. The van der Waals surface area contributed by atoms with Crippen molar-refractivity contribution in [3.63, 3.8) is 0 Å². The fourth-order valence-corrected chi connectivity index (χ4v) is 3.46. The van der Waals surface area contributed by atoms with E-state index in [1.54, 1.807) is 11.3 Å². The molecule has 0 N–H and O–H groups in total. The molecule has 3 rings (SSSR count). The van der Waals surface area contributed by atoms with Gasteiger partial charge in [-0.3, -0.25) is 0 Å². The molecular weight excluding hydrogens is 269 g/mol. The second-order valence-corrected chi connectivity index (χ2v) is 6.19. The van der Waals surface area contributed by atoms with Gasteiger partial charge in [0.2, 0.25) is 0 Å². The molecule has 1 aliphatic heterocycles. The van der Waals surface area contributed by atoms with Crippen LogP contribution in [0.3, 0.4) is 0 Å². The molecule has 0 spiro atoms. The molecule has 2 heterocycles. The van der Waals surface area contributed by atoms with Crippen LogP contribution in [0.25, 0.3) is 6.08 Å². The molecular formula is C17H18FNS. The van der Waals surface area contributed by atoms with E-state index < -0.39 is 0 Å². The Hall–Kier alpha value is -1.61. The highest BCUT2D eigenvalue weighted by atomic mass is 32.1. The highest BCUT2D eigenvalue weighted by Crippen LogP contribution is 2.30.